The smallest absolute Gasteiger partial charge is 0.241 e. The Balaban J connectivity index is 1.60. The standard InChI is InChI=1S/C19H25ClN4O2/c1-19(2,3)18(25)24-10-4-9-23(11-12-24)13-16-21-17(22-26-16)14-5-7-15(20)8-6-14/h5-8H,4,9-13H2,1-3H3. The molecule has 7 heteroatoms. The quantitative estimate of drug-likeness (QED) is 0.820. The summed E-state index contributed by atoms with van der Waals surface area (Å²) in [6.07, 6.45) is 0.944. The van der Waals surface area contributed by atoms with E-state index >= 15 is 0 Å². The van der Waals surface area contributed by atoms with Gasteiger partial charge in [0.1, 0.15) is 0 Å². The molecule has 0 radical (unpaired) electrons. The minimum Gasteiger partial charge on any atom is -0.341 e. The van der Waals surface area contributed by atoms with Crippen LogP contribution in [0.15, 0.2) is 28.8 Å². The van der Waals surface area contributed by atoms with Crippen molar-refractivity contribution in [3.8, 4) is 11.4 Å². The van der Waals surface area contributed by atoms with E-state index in [4.69, 9.17) is 16.1 Å². The van der Waals surface area contributed by atoms with Crippen LogP contribution in [0.25, 0.3) is 11.4 Å². The number of amides is 1. The van der Waals surface area contributed by atoms with Crippen molar-refractivity contribution in [3.05, 3.63) is 35.2 Å². The minimum atomic E-state index is -0.338. The largest absolute Gasteiger partial charge is 0.341 e. The minimum absolute atomic E-state index is 0.210. The first-order chi connectivity index (χ1) is 12.3. The van der Waals surface area contributed by atoms with Gasteiger partial charge in [-0.1, -0.05) is 37.5 Å². The third-order valence-corrected chi connectivity index (χ3v) is 4.70. The zero-order valence-corrected chi connectivity index (χ0v) is 16.3. The number of aromatic nitrogens is 2. The molecule has 0 spiro atoms. The van der Waals surface area contributed by atoms with E-state index in [1.165, 1.54) is 0 Å². The van der Waals surface area contributed by atoms with E-state index in [1.807, 2.05) is 49.9 Å². The number of benzene rings is 1. The van der Waals surface area contributed by atoms with Gasteiger partial charge in [-0.2, -0.15) is 4.98 Å². The first kappa shape index (κ1) is 18.9. The maximum absolute atomic E-state index is 12.5. The number of hydrogen-bond acceptors (Lipinski definition) is 5. The highest BCUT2D eigenvalue weighted by Gasteiger charge is 2.28. The number of hydrogen-bond donors (Lipinski definition) is 0. The molecule has 1 aromatic carbocycles. The Hall–Kier alpha value is -1.92. The molecule has 0 atom stereocenters. The fraction of sp³-hybridized carbons (Fsp3) is 0.526. The summed E-state index contributed by atoms with van der Waals surface area (Å²) in [4.78, 5) is 21.2. The lowest BCUT2D eigenvalue weighted by atomic mass is 9.94. The Morgan fingerprint density at radius 2 is 1.88 bits per heavy atom. The van der Waals surface area contributed by atoms with Crippen LogP contribution in [-0.4, -0.2) is 52.0 Å². The van der Waals surface area contributed by atoms with Crippen molar-refractivity contribution in [3.63, 3.8) is 0 Å². The lowest BCUT2D eigenvalue weighted by Crippen LogP contribution is -2.41. The molecule has 0 bridgehead atoms. The zero-order valence-electron chi connectivity index (χ0n) is 15.5. The van der Waals surface area contributed by atoms with Crippen LogP contribution in [-0.2, 0) is 11.3 Å². The third kappa shape index (κ3) is 4.62. The van der Waals surface area contributed by atoms with E-state index in [2.05, 4.69) is 15.0 Å². The van der Waals surface area contributed by atoms with Crippen molar-refractivity contribution in [1.29, 1.82) is 0 Å². The van der Waals surface area contributed by atoms with Gasteiger partial charge in [0.2, 0.25) is 17.6 Å². The number of nitrogens with zero attached hydrogens (tertiary/aromatic N) is 4. The van der Waals surface area contributed by atoms with Crippen LogP contribution in [0.4, 0.5) is 0 Å². The van der Waals surface area contributed by atoms with E-state index in [1.54, 1.807) is 0 Å². The van der Waals surface area contributed by atoms with Gasteiger partial charge in [0, 0.05) is 42.2 Å². The van der Waals surface area contributed by atoms with Gasteiger partial charge >= 0.3 is 0 Å². The second-order valence-electron chi connectivity index (χ2n) is 7.69. The van der Waals surface area contributed by atoms with Gasteiger partial charge in [0.25, 0.3) is 0 Å². The molecule has 1 aromatic heterocycles. The average molecular weight is 377 g/mol. The van der Waals surface area contributed by atoms with Crippen molar-refractivity contribution >= 4 is 17.5 Å². The summed E-state index contributed by atoms with van der Waals surface area (Å²) >= 11 is 5.91. The molecule has 0 N–H and O–H groups in total. The summed E-state index contributed by atoms with van der Waals surface area (Å²) < 4.78 is 5.41. The Morgan fingerprint density at radius 3 is 2.58 bits per heavy atom. The second-order valence-corrected chi connectivity index (χ2v) is 8.13. The van der Waals surface area contributed by atoms with Crippen molar-refractivity contribution < 1.29 is 9.32 Å². The number of rotatable bonds is 3. The highest BCUT2D eigenvalue weighted by atomic mass is 35.5. The predicted octanol–water partition coefficient (Wildman–Crippen LogP) is 3.47. The van der Waals surface area contributed by atoms with Crippen LogP contribution in [0.3, 0.4) is 0 Å². The molecular weight excluding hydrogens is 352 g/mol. The SMILES string of the molecule is CC(C)(C)C(=O)N1CCCN(Cc2nc(-c3ccc(Cl)cc3)no2)CC1. The summed E-state index contributed by atoms with van der Waals surface area (Å²) in [5.41, 5.74) is 0.539. The lowest BCUT2D eigenvalue weighted by Gasteiger charge is -2.28. The maximum atomic E-state index is 12.5. The Kier molecular flexibility index (Phi) is 5.63. The van der Waals surface area contributed by atoms with Gasteiger partial charge in [-0.05, 0) is 30.7 Å². The lowest BCUT2D eigenvalue weighted by molar-refractivity contribution is -0.139. The van der Waals surface area contributed by atoms with Gasteiger partial charge in [-0.15, -0.1) is 0 Å². The van der Waals surface area contributed by atoms with Crippen LogP contribution in [0, 0.1) is 5.41 Å². The Bertz CT molecular complexity index is 752. The fourth-order valence-electron chi connectivity index (χ4n) is 3.03. The molecule has 140 valence electrons. The molecule has 2 aromatic rings. The van der Waals surface area contributed by atoms with Crippen LogP contribution < -0.4 is 0 Å². The van der Waals surface area contributed by atoms with Gasteiger partial charge in [-0.3, -0.25) is 9.69 Å². The molecule has 1 aliphatic rings. The molecule has 1 fully saturated rings. The summed E-state index contributed by atoms with van der Waals surface area (Å²) in [6, 6.07) is 7.36. The molecule has 0 aliphatic carbocycles. The summed E-state index contributed by atoms with van der Waals surface area (Å²) in [7, 11) is 0. The molecule has 1 aliphatic heterocycles. The molecule has 2 heterocycles. The van der Waals surface area contributed by atoms with Gasteiger partial charge in [-0.25, -0.2) is 0 Å². The van der Waals surface area contributed by atoms with Crippen LogP contribution in [0.2, 0.25) is 5.02 Å². The van der Waals surface area contributed by atoms with Crippen molar-refractivity contribution in [1.82, 2.24) is 19.9 Å². The molecule has 26 heavy (non-hydrogen) atoms. The maximum Gasteiger partial charge on any atom is 0.241 e. The molecule has 1 saturated heterocycles. The Labute approximate surface area is 159 Å². The zero-order chi connectivity index (χ0) is 18.7. The van der Waals surface area contributed by atoms with Gasteiger partial charge in [0.05, 0.1) is 6.54 Å². The van der Waals surface area contributed by atoms with Crippen molar-refractivity contribution in [2.24, 2.45) is 5.41 Å². The summed E-state index contributed by atoms with van der Waals surface area (Å²) in [6.45, 7) is 9.74. The first-order valence-corrected chi connectivity index (χ1v) is 9.31. The average Bonchev–Trinajstić information content (AvgIpc) is 2.92. The number of carbonyl (C=O) groups is 1. The monoisotopic (exact) mass is 376 g/mol. The van der Waals surface area contributed by atoms with Crippen LogP contribution in [0.5, 0.6) is 0 Å². The first-order valence-electron chi connectivity index (χ1n) is 8.93. The van der Waals surface area contributed by atoms with Crippen molar-refractivity contribution in [2.75, 3.05) is 26.2 Å². The Morgan fingerprint density at radius 1 is 1.15 bits per heavy atom. The highest BCUT2D eigenvalue weighted by molar-refractivity contribution is 6.30. The highest BCUT2D eigenvalue weighted by Crippen LogP contribution is 2.21. The van der Waals surface area contributed by atoms with E-state index in [0.29, 0.717) is 23.3 Å². The van der Waals surface area contributed by atoms with Crippen molar-refractivity contribution in [2.45, 2.75) is 33.7 Å². The van der Waals surface area contributed by atoms with E-state index in [-0.39, 0.29) is 11.3 Å². The topological polar surface area (TPSA) is 62.5 Å². The normalized spacial score (nSPS) is 16.5. The van der Waals surface area contributed by atoms with Crippen LogP contribution >= 0.6 is 11.6 Å². The van der Waals surface area contributed by atoms with Gasteiger partial charge < -0.3 is 9.42 Å². The van der Waals surface area contributed by atoms with Gasteiger partial charge in [0.15, 0.2) is 0 Å². The molecule has 1 amide bonds. The number of halogens is 1. The summed E-state index contributed by atoms with van der Waals surface area (Å²) in [5, 5.41) is 4.74. The van der Waals surface area contributed by atoms with Crippen LogP contribution in [0.1, 0.15) is 33.1 Å². The van der Waals surface area contributed by atoms with E-state index in [9.17, 15) is 4.79 Å². The molecule has 6 nitrogen and oxygen atoms in total. The molecule has 3 rings (SSSR count). The summed E-state index contributed by atoms with van der Waals surface area (Å²) in [5.74, 6) is 1.36. The van der Waals surface area contributed by atoms with E-state index < -0.39 is 0 Å². The molecule has 0 saturated carbocycles. The predicted molar refractivity (Wildman–Crippen MR) is 101 cm³/mol. The molecule has 0 unspecified atom stereocenters. The van der Waals surface area contributed by atoms with E-state index in [0.717, 1.165) is 38.2 Å². The second kappa shape index (κ2) is 7.76. The molecular formula is C19H25ClN4O2. The number of carbonyl (C=O) groups excluding carboxylic acids is 1. The third-order valence-electron chi connectivity index (χ3n) is 4.45. The fourth-order valence-corrected chi connectivity index (χ4v) is 3.16.